The van der Waals surface area contributed by atoms with E-state index in [0.29, 0.717) is 11.0 Å². The van der Waals surface area contributed by atoms with E-state index in [2.05, 4.69) is 25.1 Å². The molecule has 3 aromatic carbocycles. The van der Waals surface area contributed by atoms with Gasteiger partial charge in [-0.05, 0) is 58.8 Å². The lowest BCUT2D eigenvalue weighted by molar-refractivity contribution is -0.880. The molecule has 30 heavy (non-hydrogen) atoms. The highest BCUT2D eigenvalue weighted by molar-refractivity contribution is 6.10. The van der Waals surface area contributed by atoms with Crippen LogP contribution in [0.15, 0.2) is 36.4 Å². The molecule has 2 aliphatic heterocycles. The van der Waals surface area contributed by atoms with Crippen LogP contribution in [0.2, 0.25) is 0 Å². The summed E-state index contributed by atoms with van der Waals surface area (Å²) in [4.78, 5) is 12.9. The van der Waals surface area contributed by atoms with Crippen molar-refractivity contribution in [2.45, 2.75) is 32.4 Å². The lowest BCUT2D eigenvalue weighted by atomic mass is 9.95. The lowest BCUT2D eigenvalue weighted by Gasteiger charge is -2.34. The van der Waals surface area contributed by atoms with Gasteiger partial charge in [0.2, 0.25) is 6.79 Å². The van der Waals surface area contributed by atoms with E-state index >= 15 is 0 Å². The van der Waals surface area contributed by atoms with Gasteiger partial charge in [0.05, 0.1) is 26.8 Å². The molecular formula is C24H26NO5+. The quantitative estimate of drug-likeness (QED) is 0.451. The maximum absolute atomic E-state index is 12.9. The minimum atomic E-state index is -0.160. The third-order valence-corrected chi connectivity index (χ3v) is 6.75. The van der Waals surface area contributed by atoms with Crippen LogP contribution >= 0.6 is 0 Å². The Hall–Kier alpha value is -2.99. The topological polar surface area (TPSA) is 54.0 Å². The summed E-state index contributed by atoms with van der Waals surface area (Å²) in [5.74, 6) is 2.30. The molecule has 6 heteroatoms. The molecule has 1 amide bonds. The SMILES string of the molecule is COC(=O)[N+]1(Cc2cc3cc4c(cc3c3cc(OC)ccc23)OCO4)CCC[C@H]1C. The fourth-order valence-corrected chi connectivity index (χ4v) is 5.05. The number of amides is 1. The predicted molar refractivity (Wildman–Crippen MR) is 114 cm³/mol. The molecule has 5 rings (SSSR count). The minimum absolute atomic E-state index is 0.160. The van der Waals surface area contributed by atoms with Gasteiger partial charge in [-0.15, -0.1) is 0 Å². The number of hydrogen-bond acceptors (Lipinski definition) is 5. The van der Waals surface area contributed by atoms with Gasteiger partial charge in [0.15, 0.2) is 11.5 Å². The number of hydrogen-bond donors (Lipinski definition) is 0. The van der Waals surface area contributed by atoms with Gasteiger partial charge in [0.1, 0.15) is 12.3 Å². The van der Waals surface area contributed by atoms with Gasteiger partial charge in [0.25, 0.3) is 0 Å². The van der Waals surface area contributed by atoms with Crippen LogP contribution in [0.25, 0.3) is 21.5 Å². The molecule has 2 aliphatic rings. The number of carbonyl (C=O) groups excluding carboxylic acids is 1. The average molecular weight is 408 g/mol. The first-order valence-corrected chi connectivity index (χ1v) is 10.3. The van der Waals surface area contributed by atoms with Crippen molar-refractivity contribution in [3.8, 4) is 17.2 Å². The summed E-state index contributed by atoms with van der Waals surface area (Å²) in [6, 6.07) is 12.6. The van der Waals surface area contributed by atoms with Crippen LogP contribution in [0.5, 0.6) is 17.2 Å². The van der Waals surface area contributed by atoms with Crippen LogP contribution in [0.4, 0.5) is 4.79 Å². The maximum atomic E-state index is 12.9. The van der Waals surface area contributed by atoms with Crippen LogP contribution in [0.1, 0.15) is 25.3 Å². The monoisotopic (exact) mass is 408 g/mol. The Labute approximate surface area is 175 Å². The molecule has 1 unspecified atom stereocenters. The predicted octanol–water partition coefficient (Wildman–Crippen LogP) is 5.00. The molecule has 0 saturated carbocycles. The van der Waals surface area contributed by atoms with E-state index in [-0.39, 0.29) is 18.9 Å². The van der Waals surface area contributed by atoms with Crippen molar-refractivity contribution in [3.63, 3.8) is 0 Å². The number of fused-ring (bicyclic) bond motifs is 4. The number of carbonyl (C=O) groups is 1. The van der Waals surface area contributed by atoms with E-state index in [1.54, 1.807) is 7.11 Å². The zero-order valence-electron chi connectivity index (χ0n) is 17.6. The number of methoxy groups -OCH3 is 2. The Kier molecular flexibility index (Phi) is 4.47. The fraction of sp³-hybridized carbons (Fsp3) is 0.375. The zero-order valence-corrected chi connectivity index (χ0v) is 17.6. The maximum Gasteiger partial charge on any atom is 0.516 e. The highest BCUT2D eigenvalue weighted by atomic mass is 16.7. The number of quaternary nitrogens is 1. The molecule has 0 radical (unpaired) electrons. The molecule has 0 N–H and O–H groups in total. The van der Waals surface area contributed by atoms with E-state index in [0.717, 1.165) is 63.7 Å². The van der Waals surface area contributed by atoms with Gasteiger partial charge >= 0.3 is 6.09 Å². The molecule has 1 saturated heterocycles. The first-order chi connectivity index (χ1) is 14.6. The summed E-state index contributed by atoms with van der Waals surface area (Å²) in [5, 5.41) is 4.33. The molecule has 2 heterocycles. The van der Waals surface area contributed by atoms with Crippen LogP contribution in [0.3, 0.4) is 0 Å². The van der Waals surface area contributed by atoms with Gasteiger partial charge < -0.3 is 18.9 Å². The fourth-order valence-electron chi connectivity index (χ4n) is 5.05. The highest BCUT2D eigenvalue weighted by Gasteiger charge is 2.47. The molecule has 0 spiro atoms. The second-order valence-electron chi connectivity index (χ2n) is 8.25. The number of likely N-dealkylation sites (tertiary alicyclic amines) is 1. The Morgan fingerprint density at radius 3 is 2.57 bits per heavy atom. The number of ether oxygens (including phenoxy) is 4. The van der Waals surface area contributed by atoms with Crippen molar-refractivity contribution in [2.75, 3.05) is 27.6 Å². The van der Waals surface area contributed by atoms with Crippen LogP contribution in [-0.2, 0) is 11.3 Å². The Balaban J connectivity index is 1.74. The summed E-state index contributed by atoms with van der Waals surface area (Å²) >= 11 is 0. The van der Waals surface area contributed by atoms with Crippen molar-refractivity contribution in [1.29, 1.82) is 0 Å². The van der Waals surface area contributed by atoms with Gasteiger partial charge in [-0.3, -0.25) is 0 Å². The number of benzene rings is 3. The molecule has 0 bridgehead atoms. The van der Waals surface area contributed by atoms with Gasteiger partial charge in [-0.2, -0.15) is 4.79 Å². The van der Waals surface area contributed by atoms with E-state index < -0.39 is 0 Å². The Morgan fingerprint density at radius 1 is 1.07 bits per heavy atom. The van der Waals surface area contributed by atoms with Crippen molar-refractivity contribution in [1.82, 2.24) is 0 Å². The summed E-state index contributed by atoms with van der Waals surface area (Å²) in [5.41, 5.74) is 1.12. The van der Waals surface area contributed by atoms with E-state index in [4.69, 9.17) is 18.9 Å². The van der Waals surface area contributed by atoms with Crippen LogP contribution in [0, 0.1) is 0 Å². The average Bonchev–Trinajstić information content (AvgIpc) is 3.38. The summed E-state index contributed by atoms with van der Waals surface area (Å²) in [6.07, 6.45) is 1.88. The normalized spacial score (nSPS) is 22.6. The molecule has 1 fully saturated rings. The van der Waals surface area contributed by atoms with E-state index in [1.807, 2.05) is 18.2 Å². The molecule has 0 aliphatic carbocycles. The molecule has 2 atom stereocenters. The standard InChI is InChI=1S/C24H26NO5/c1-15-5-4-8-25(15,24(26)28-3)13-17-9-16-10-22-23(30-14-29-22)12-20(16)21-11-18(27-2)6-7-19(17)21/h6-7,9-12,15H,4-5,8,13-14H2,1-3H3/q+1/t15-,25?/m1/s1. The number of nitrogens with zero attached hydrogens (tertiary/aromatic N) is 1. The molecular weight excluding hydrogens is 382 g/mol. The first kappa shape index (κ1) is 19.0. The van der Waals surface area contributed by atoms with Crippen molar-refractivity contribution >= 4 is 27.6 Å². The van der Waals surface area contributed by atoms with Crippen LogP contribution in [-0.4, -0.2) is 44.2 Å². The zero-order chi connectivity index (χ0) is 20.9. The van der Waals surface area contributed by atoms with E-state index in [9.17, 15) is 4.79 Å². The molecule has 156 valence electrons. The largest absolute Gasteiger partial charge is 0.516 e. The second-order valence-corrected chi connectivity index (χ2v) is 8.25. The minimum Gasteiger partial charge on any atom is -0.497 e. The van der Waals surface area contributed by atoms with Gasteiger partial charge in [-0.1, -0.05) is 6.07 Å². The molecule has 6 nitrogen and oxygen atoms in total. The van der Waals surface area contributed by atoms with Crippen molar-refractivity contribution in [2.24, 2.45) is 0 Å². The molecule has 3 aromatic rings. The Morgan fingerprint density at radius 2 is 1.87 bits per heavy atom. The second kappa shape index (κ2) is 7.06. The van der Waals surface area contributed by atoms with Crippen molar-refractivity contribution in [3.05, 3.63) is 42.0 Å². The highest BCUT2D eigenvalue weighted by Crippen LogP contribution is 2.42. The summed E-state index contributed by atoms with van der Waals surface area (Å²) in [6.45, 7) is 3.78. The van der Waals surface area contributed by atoms with Crippen LogP contribution < -0.4 is 14.2 Å². The Bertz CT molecular complexity index is 1160. The lowest BCUT2D eigenvalue weighted by Crippen LogP contribution is -2.54. The summed E-state index contributed by atoms with van der Waals surface area (Å²) in [7, 11) is 3.16. The number of rotatable bonds is 3. The van der Waals surface area contributed by atoms with Gasteiger partial charge in [0, 0.05) is 18.4 Å². The van der Waals surface area contributed by atoms with Gasteiger partial charge in [-0.25, -0.2) is 4.48 Å². The third-order valence-electron chi connectivity index (χ3n) is 6.75. The molecule has 0 aromatic heterocycles. The third kappa shape index (κ3) is 2.78. The summed E-state index contributed by atoms with van der Waals surface area (Å²) < 4.78 is 22.3. The smallest absolute Gasteiger partial charge is 0.497 e. The van der Waals surface area contributed by atoms with E-state index in [1.165, 1.54) is 7.11 Å². The van der Waals surface area contributed by atoms with Crippen molar-refractivity contribution < 1.29 is 28.2 Å². The first-order valence-electron chi connectivity index (χ1n) is 10.3.